The maximum absolute atomic E-state index is 13.1. The van der Waals surface area contributed by atoms with Crippen molar-refractivity contribution in [3.05, 3.63) is 23.8 Å². The second kappa shape index (κ2) is 9.97. The lowest BCUT2D eigenvalue weighted by Gasteiger charge is -2.43. The van der Waals surface area contributed by atoms with Crippen molar-refractivity contribution >= 4 is 29.2 Å². The van der Waals surface area contributed by atoms with Crippen LogP contribution in [0.1, 0.15) is 55.3 Å². The second-order valence-electron chi connectivity index (χ2n) is 8.67. The number of aromatic carboxylic acids is 1. The summed E-state index contributed by atoms with van der Waals surface area (Å²) in [6.45, 7) is 0.237. The van der Waals surface area contributed by atoms with Gasteiger partial charge in [0.1, 0.15) is 6.54 Å². The molecule has 0 aromatic heterocycles. The molecule has 3 aliphatic rings. The molecular weight excluding hydrogens is 422 g/mol. The normalized spacial score (nSPS) is 23.6. The third-order valence-electron chi connectivity index (χ3n) is 6.87. The highest BCUT2D eigenvalue weighted by molar-refractivity contribution is 6.12. The number of hydrogen-bond acceptors (Lipinski definition) is 4. The summed E-state index contributed by atoms with van der Waals surface area (Å²) in [5.41, 5.74) is 1.23. The van der Waals surface area contributed by atoms with Crippen LogP contribution in [0, 0.1) is 5.92 Å². The molecule has 4 N–H and O–H groups in total. The molecule has 8 nitrogen and oxygen atoms in total. The molecule has 170 valence electrons. The molecule has 2 fully saturated rings. The van der Waals surface area contributed by atoms with Crippen LogP contribution in [0.5, 0.6) is 0 Å². The number of aliphatic hydroxyl groups is 1. The van der Waals surface area contributed by atoms with Gasteiger partial charge in [0.25, 0.3) is 5.91 Å². The predicted molar refractivity (Wildman–Crippen MR) is 111 cm³/mol. The van der Waals surface area contributed by atoms with Crippen LogP contribution in [-0.4, -0.2) is 59.8 Å². The van der Waals surface area contributed by atoms with Gasteiger partial charge in [0.05, 0.1) is 29.6 Å². The van der Waals surface area contributed by atoms with Crippen LogP contribution < -0.4 is 27.5 Å². The van der Waals surface area contributed by atoms with E-state index >= 15 is 0 Å². The van der Waals surface area contributed by atoms with Crippen molar-refractivity contribution in [3.63, 3.8) is 0 Å². The molecule has 1 unspecified atom stereocenters. The Morgan fingerprint density at radius 1 is 1.06 bits per heavy atom. The molecule has 9 heteroatoms. The highest BCUT2D eigenvalue weighted by Crippen LogP contribution is 2.39. The number of nitrogens with zero attached hydrogens (tertiary/aromatic N) is 2. The zero-order valence-corrected chi connectivity index (χ0v) is 18.3. The number of hydrogen-bond donors (Lipinski definition) is 3. The molecule has 1 aromatic carbocycles. The predicted octanol–water partition coefficient (Wildman–Crippen LogP) is -2.26. The Hall–Kier alpha value is -2.16. The molecule has 0 radical (unpaired) electrons. The zero-order chi connectivity index (χ0) is 21.3. The standard InChI is InChI=1S/C22H29N3O5.ClH/c26-13-15-4-1-2-7-17(15)23-11-20(27)24-12-21(28)25(16-5-3-6-16)18-9-8-14(22(29)30)10-19(18)24;/h8-10,15-17,23,26H,1-7,11-13H2,(H,29,30);1H/t15-,17?;/m0./s1. The summed E-state index contributed by atoms with van der Waals surface area (Å²) in [6, 6.07) is 4.98. The van der Waals surface area contributed by atoms with E-state index in [0.717, 1.165) is 44.9 Å². The Morgan fingerprint density at radius 3 is 2.45 bits per heavy atom. The van der Waals surface area contributed by atoms with Crippen LogP contribution >= 0.6 is 0 Å². The molecule has 0 saturated heterocycles. The summed E-state index contributed by atoms with van der Waals surface area (Å²) < 4.78 is 0. The molecule has 4 rings (SSSR count). The van der Waals surface area contributed by atoms with E-state index in [9.17, 15) is 24.6 Å². The van der Waals surface area contributed by atoms with E-state index in [1.807, 2.05) is 5.32 Å². The Balaban J connectivity index is 0.00000272. The number of nitrogens with two attached hydrogens (primary N) is 1. The first-order valence-electron chi connectivity index (χ1n) is 10.9. The molecule has 0 spiro atoms. The van der Waals surface area contributed by atoms with Crippen molar-refractivity contribution in [2.45, 2.75) is 57.0 Å². The number of amides is 2. The Kier molecular flexibility index (Phi) is 7.56. The van der Waals surface area contributed by atoms with Gasteiger partial charge in [-0.3, -0.25) is 14.5 Å². The zero-order valence-electron chi connectivity index (χ0n) is 17.5. The smallest absolute Gasteiger partial charge is 0.335 e. The first-order valence-corrected chi connectivity index (χ1v) is 10.9. The van der Waals surface area contributed by atoms with Crippen molar-refractivity contribution < 1.29 is 42.3 Å². The number of carboxylic acid groups (broad SMARTS) is 1. The third-order valence-corrected chi connectivity index (χ3v) is 6.87. The van der Waals surface area contributed by atoms with Gasteiger partial charge in [-0.1, -0.05) is 6.42 Å². The third kappa shape index (κ3) is 4.71. The number of benzene rings is 1. The largest absolute Gasteiger partial charge is 1.00 e. The van der Waals surface area contributed by atoms with Crippen molar-refractivity contribution in [2.24, 2.45) is 5.92 Å². The summed E-state index contributed by atoms with van der Waals surface area (Å²) in [5, 5.41) is 21.0. The fraction of sp³-hybridized carbons (Fsp3) is 0.591. The average Bonchev–Trinajstić information content (AvgIpc) is 2.72. The van der Waals surface area contributed by atoms with Gasteiger partial charge in [-0.15, -0.1) is 0 Å². The molecule has 0 bridgehead atoms. The lowest BCUT2D eigenvalue weighted by atomic mass is 9.85. The fourth-order valence-electron chi connectivity index (χ4n) is 4.91. The van der Waals surface area contributed by atoms with Crippen LogP contribution in [0.4, 0.5) is 11.4 Å². The molecule has 2 aliphatic carbocycles. The summed E-state index contributed by atoms with van der Waals surface area (Å²) in [6.07, 6.45) is 7.06. The number of aliphatic hydroxyl groups excluding tert-OH is 1. The monoisotopic (exact) mass is 451 g/mol. The number of anilines is 2. The van der Waals surface area contributed by atoms with Crippen molar-refractivity contribution in [3.8, 4) is 0 Å². The molecule has 31 heavy (non-hydrogen) atoms. The summed E-state index contributed by atoms with van der Waals surface area (Å²) in [5.74, 6) is -1.19. The van der Waals surface area contributed by atoms with Gasteiger partial charge in [-0.05, 0) is 56.7 Å². The van der Waals surface area contributed by atoms with Gasteiger partial charge in [0, 0.05) is 12.0 Å². The van der Waals surface area contributed by atoms with Crippen molar-refractivity contribution in [2.75, 3.05) is 29.5 Å². The van der Waals surface area contributed by atoms with Gasteiger partial charge in [-0.25, -0.2) is 4.79 Å². The topological polar surface area (TPSA) is 115 Å². The maximum Gasteiger partial charge on any atom is 0.335 e. The van der Waals surface area contributed by atoms with Crippen LogP contribution in [0.3, 0.4) is 0 Å². The molecule has 1 heterocycles. The quantitative estimate of drug-likeness (QED) is 0.451. The van der Waals surface area contributed by atoms with Gasteiger partial charge in [-0.2, -0.15) is 0 Å². The highest BCUT2D eigenvalue weighted by Gasteiger charge is 2.39. The molecule has 2 atom stereocenters. The van der Waals surface area contributed by atoms with Crippen molar-refractivity contribution in [1.82, 2.24) is 0 Å². The first kappa shape index (κ1) is 23.5. The van der Waals surface area contributed by atoms with E-state index in [1.165, 1.54) is 17.0 Å². The van der Waals surface area contributed by atoms with E-state index < -0.39 is 5.97 Å². The number of quaternary nitrogens is 1. The fourth-order valence-corrected chi connectivity index (χ4v) is 4.91. The summed E-state index contributed by atoms with van der Waals surface area (Å²) >= 11 is 0. The maximum atomic E-state index is 13.1. The van der Waals surface area contributed by atoms with E-state index in [2.05, 4.69) is 0 Å². The van der Waals surface area contributed by atoms with Gasteiger partial charge in [0.2, 0.25) is 5.91 Å². The SMILES string of the molecule is O=C(O)c1ccc2c(c1)N(C(=O)C[NH2+]C1CCCC[C@H]1CO)CC(=O)N2C1CCC1.[Cl-]. The number of fused-ring (bicyclic) bond motifs is 1. The Labute approximate surface area is 188 Å². The molecule has 1 aromatic rings. The second-order valence-corrected chi connectivity index (χ2v) is 8.67. The van der Waals surface area contributed by atoms with Gasteiger partial charge < -0.3 is 32.8 Å². The van der Waals surface area contributed by atoms with Crippen LogP contribution in [0.25, 0.3) is 0 Å². The number of carboxylic acids is 1. The van der Waals surface area contributed by atoms with Gasteiger partial charge in [0.15, 0.2) is 6.54 Å². The van der Waals surface area contributed by atoms with E-state index in [-0.39, 0.29) is 67.5 Å². The minimum atomic E-state index is -1.06. The van der Waals surface area contributed by atoms with Crippen molar-refractivity contribution in [1.29, 1.82) is 0 Å². The number of rotatable bonds is 6. The highest BCUT2D eigenvalue weighted by atomic mass is 35.5. The number of halogens is 1. The van der Waals surface area contributed by atoms with Gasteiger partial charge >= 0.3 is 5.97 Å². The number of carbonyl (C=O) groups excluding carboxylic acids is 2. The van der Waals surface area contributed by atoms with E-state index in [0.29, 0.717) is 11.4 Å². The lowest BCUT2D eigenvalue weighted by Crippen LogP contribution is -3.00. The molecule has 1 aliphatic heterocycles. The summed E-state index contributed by atoms with van der Waals surface area (Å²) in [7, 11) is 0. The summed E-state index contributed by atoms with van der Waals surface area (Å²) in [4.78, 5) is 40.7. The molecular formula is C22H30ClN3O5. The van der Waals surface area contributed by atoms with E-state index in [1.54, 1.807) is 11.0 Å². The minimum Gasteiger partial charge on any atom is -1.00 e. The Morgan fingerprint density at radius 2 is 1.81 bits per heavy atom. The molecule has 2 amide bonds. The van der Waals surface area contributed by atoms with Crippen LogP contribution in [0.2, 0.25) is 0 Å². The average molecular weight is 452 g/mol. The van der Waals surface area contributed by atoms with Crippen LogP contribution in [0.15, 0.2) is 18.2 Å². The van der Waals surface area contributed by atoms with E-state index in [4.69, 9.17) is 0 Å². The van der Waals surface area contributed by atoms with Crippen LogP contribution in [-0.2, 0) is 9.59 Å². The minimum absolute atomic E-state index is 0. The lowest BCUT2D eigenvalue weighted by molar-refractivity contribution is -0.688. The first-order chi connectivity index (χ1) is 14.5. The molecule has 2 saturated carbocycles. The number of carbonyl (C=O) groups is 3. The Bertz CT molecular complexity index is 844.